The maximum Gasteiger partial charge on any atom is 0.212 e. The standard InChI is InChI=1S/C18H14N2O/c1-2-13-21-18-8-6-15(7-9-18)19-16-10-12-20-11-4-3-5-17(20)14-16/h1,3-12,14H,13H2/p+1. The van der Waals surface area contributed by atoms with Gasteiger partial charge in [0.2, 0.25) is 5.52 Å². The molecule has 3 nitrogen and oxygen atoms in total. The molecule has 0 atom stereocenters. The summed E-state index contributed by atoms with van der Waals surface area (Å²) in [6.45, 7) is 0.286. The van der Waals surface area contributed by atoms with Crippen LogP contribution >= 0.6 is 0 Å². The summed E-state index contributed by atoms with van der Waals surface area (Å²) < 4.78 is 7.42. The predicted molar refractivity (Wildman–Crippen MR) is 83.7 cm³/mol. The van der Waals surface area contributed by atoms with Gasteiger partial charge in [0, 0.05) is 30.0 Å². The third-order valence-corrected chi connectivity index (χ3v) is 3.11. The van der Waals surface area contributed by atoms with Gasteiger partial charge in [-0.25, -0.2) is 0 Å². The molecule has 3 aromatic rings. The molecule has 2 heterocycles. The van der Waals surface area contributed by atoms with Crippen LogP contribution in [0.25, 0.3) is 5.52 Å². The second-order valence-electron chi connectivity index (χ2n) is 4.59. The fraction of sp³-hybridized carbons (Fsp3) is 0.0556. The van der Waals surface area contributed by atoms with Crippen LogP contribution in [0.4, 0.5) is 11.4 Å². The zero-order valence-corrected chi connectivity index (χ0v) is 11.5. The van der Waals surface area contributed by atoms with Crippen molar-refractivity contribution in [2.24, 2.45) is 0 Å². The van der Waals surface area contributed by atoms with E-state index in [1.54, 1.807) is 0 Å². The van der Waals surface area contributed by atoms with E-state index in [9.17, 15) is 0 Å². The van der Waals surface area contributed by atoms with Crippen molar-refractivity contribution < 1.29 is 9.14 Å². The van der Waals surface area contributed by atoms with E-state index in [4.69, 9.17) is 11.2 Å². The average molecular weight is 275 g/mol. The Balaban J connectivity index is 1.77. The number of rotatable bonds is 4. The van der Waals surface area contributed by atoms with Gasteiger partial charge in [-0.3, -0.25) is 0 Å². The van der Waals surface area contributed by atoms with Crippen molar-refractivity contribution in [3.8, 4) is 18.1 Å². The van der Waals surface area contributed by atoms with Gasteiger partial charge in [-0.2, -0.15) is 4.40 Å². The molecule has 2 aromatic heterocycles. The average Bonchev–Trinajstić information content (AvgIpc) is 2.54. The number of terminal acetylenes is 1. The van der Waals surface area contributed by atoms with E-state index in [0.717, 1.165) is 22.6 Å². The smallest absolute Gasteiger partial charge is 0.212 e. The Labute approximate surface area is 123 Å². The first-order valence-corrected chi connectivity index (χ1v) is 6.68. The highest BCUT2D eigenvalue weighted by Crippen LogP contribution is 2.20. The summed E-state index contributed by atoms with van der Waals surface area (Å²) >= 11 is 0. The highest BCUT2D eigenvalue weighted by molar-refractivity contribution is 5.63. The van der Waals surface area contributed by atoms with Crippen LogP contribution in [0.3, 0.4) is 0 Å². The molecule has 1 N–H and O–H groups in total. The van der Waals surface area contributed by atoms with Gasteiger partial charge in [-0.1, -0.05) is 5.92 Å². The molecule has 0 aliphatic rings. The Bertz CT molecular complexity index is 788. The SMILES string of the molecule is C#CCOc1ccc(Nc2cc[n+]3ccccc3c2)cc1. The molecule has 0 radical (unpaired) electrons. The first kappa shape index (κ1) is 13.0. The lowest BCUT2D eigenvalue weighted by Crippen LogP contribution is -2.19. The molecular formula is C18H15N2O+. The van der Waals surface area contributed by atoms with Gasteiger partial charge >= 0.3 is 0 Å². The third kappa shape index (κ3) is 3.13. The van der Waals surface area contributed by atoms with Crippen molar-refractivity contribution in [1.29, 1.82) is 0 Å². The molecule has 21 heavy (non-hydrogen) atoms. The topological polar surface area (TPSA) is 25.4 Å². The molecule has 0 unspecified atom stereocenters. The third-order valence-electron chi connectivity index (χ3n) is 3.11. The number of nitrogens with one attached hydrogen (secondary N) is 1. The van der Waals surface area contributed by atoms with E-state index in [2.05, 4.69) is 27.8 Å². The number of benzene rings is 1. The van der Waals surface area contributed by atoms with Gasteiger partial charge in [-0.15, -0.1) is 6.42 Å². The molecule has 0 aliphatic carbocycles. The summed E-state index contributed by atoms with van der Waals surface area (Å²) in [6.07, 6.45) is 9.22. The zero-order valence-electron chi connectivity index (χ0n) is 11.5. The summed E-state index contributed by atoms with van der Waals surface area (Å²) in [4.78, 5) is 0. The molecular weight excluding hydrogens is 260 g/mol. The normalized spacial score (nSPS) is 10.0. The fourth-order valence-corrected chi connectivity index (χ4v) is 2.10. The molecule has 0 aliphatic heterocycles. The molecule has 3 rings (SSSR count). The Morgan fingerprint density at radius 1 is 1.00 bits per heavy atom. The van der Waals surface area contributed by atoms with Crippen LogP contribution in [0.2, 0.25) is 0 Å². The minimum absolute atomic E-state index is 0.286. The van der Waals surface area contributed by atoms with Crippen LogP contribution in [-0.2, 0) is 0 Å². The number of nitrogens with zero attached hydrogens (tertiary/aromatic N) is 1. The second kappa shape index (κ2) is 5.98. The van der Waals surface area contributed by atoms with E-state index >= 15 is 0 Å². The maximum atomic E-state index is 5.35. The van der Waals surface area contributed by atoms with Gasteiger partial charge in [0.15, 0.2) is 12.4 Å². The van der Waals surface area contributed by atoms with Crippen molar-refractivity contribution in [2.75, 3.05) is 11.9 Å². The highest BCUT2D eigenvalue weighted by Gasteiger charge is 2.03. The minimum Gasteiger partial charge on any atom is -0.481 e. The summed E-state index contributed by atoms with van der Waals surface area (Å²) in [6, 6.07) is 18.0. The predicted octanol–water partition coefficient (Wildman–Crippen LogP) is 3.18. The lowest BCUT2D eigenvalue weighted by Gasteiger charge is -2.07. The lowest BCUT2D eigenvalue weighted by atomic mass is 10.2. The van der Waals surface area contributed by atoms with Gasteiger partial charge in [-0.05, 0) is 30.3 Å². The van der Waals surface area contributed by atoms with Crippen molar-refractivity contribution in [3.63, 3.8) is 0 Å². The number of hydrogen-bond acceptors (Lipinski definition) is 2. The van der Waals surface area contributed by atoms with E-state index in [1.165, 1.54) is 0 Å². The molecule has 0 fully saturated rings. The van der Waals surface area contributed by atoms with Gasteiger partial charge < -0.3 is 10.1 Å². The van der Waals surface area contributed by atoms with Crippen molar-refractivity contribution >= 4 is 16.9 Å². The van der Waals surface area contributed by atoms with Crippen LogP contribution < -0.4 is 14.5 Å². The van der Waals surface area contributed by atoms with Crippen LogP contribution in [-0.4, -0.2) is 6.61 Å². The summed E-state index contributed by atoms with van der Waals surface area (Å²) in [5.74, 6) is 3.22. The number of fused-ring (bicyclic) bond motifs is 1. The summed E-state index contributed by atoms with van der Waals surface area (Å²) in [7, 11) is 0. The molecule has 3 heteroatoms. The molecule has 0 spiro atoms. The summed E-state index contributed by atoms with van der Waals surface area (Å²) in [5.41, 5.74) is 3.18. The largest absolute Gasteiger partial charge is 0.481 e. The molecule has 1 aromatic carbocycles. The quantitative estimate of drug-likeness (QED) is 0.584. The number of pyridine rings is 2. The van der Waals surface area contributed by atoms with Crippen LogP contribution in [0, 0.1) is 12.3 Å². The van der Waals surface area contributed by atoms with Crippen LogP contribution in [0.15, 0.2) is 67.0 Å². The first-order valence-electron chi connectivity index (χ1n) is 6.68. The van der Waals surface area contributed by atoms with Crippen molar-refractivity contribution in [3.05, 3.63) is 67.0 Å². The van der Waals surface area contributed by atoms with Gasteiger partial charge in [0.25, 0.3) is 0 Å². The molecule has 0 amide bonds. The van der Waals surface area contributed by atoms with E-state index in [1.807, 2.05) is 54.9 Å². The first-order chi connectivity index (χ1) is 10.3. The van der Waals surface area contributed by atoms with Gasteiger partial charge in [0.1, 0.15) is 12.4 Å². The Morgan fingerprint density at radius 2 is 1.86 bits per heavy atom. The van der Waals surface area contributed by atoms with Crippen molar-refractivity contribution in [2.45, 2.75) is 0 Å². The van der Waals surface area contributed by atoms with Crippen molar-refractivity contribution in [1.82, 2.24) is 0 Å². The fourth-order valence-electron chi connectivity index (χ4n) is 2.10. The molecule has 0 saturated heterocycles. The number of hydrogen-bond donors (Lipinski definition) is 1. The van der Waals surface area contributed by atoms with Gasteiger partial charge in [0.05, 0.1) is 5.69 Å². The lowest BCUT2D eigenvalue weighted by molar-refractivity contribution is -0.511. The Kier molecular flexibility index (Phi) is 3.70. The Morgan fingerprint density at radius 3 is 2.67 bits per heavy atom. The van der Waals surface area contributed by atoms with Crippen LogP contribution in [0.5, 0.6) is 5.75 Å². The van der Waals surface area contributed by atoms with E-state index < -0.39 is 0 Å². The van der Waals surface area contributed by atoms with E-state index in [0.29, 0.717) is 0 Å². The second-order valence-corrected chi connectivity index (χ2v) is 4.59. The molecule has 0 bridgehead atoms. The highest BCUT2D eigenvalue weighted by atomic mass is 16.5. The monoisotopic (exact) mass is 275 g/mol. The number of anilines is 2. The van der Waals surface area contributed by atoms with Crippen LogP contribution in [0.1, 0.15) is 0 Å². The zero-order chi connectivity index (χ0) is 14.5. The Hall–Kier alpha value is -2.99. The number of aromatic nitrogens is 1. The maximum absolute atomic E-state index is 5.35. The molecule has 102 valence electrons. The number of ether oxygens (including phenoxy) is 1. The minimum atomic E-state index is 0.286. The summed E-state index contributed by atoms with van der Waals surface area (Å²) in [5, 5.41) is 3.37. The molecule has 0 saturated carbocycles. The van der Waals surface area contributed by atoms with E-state index in [-0.39, 0.29) is 6.61 Å².